The van der Waals surface area contributed by atoms with Gasteiger partial charge in [-0.3, -0.25) is 4.79 Å². The van der Waals surface area contributed by atoms with E-state index in [1.807, 2.05) is 25.7 Å². The lowest BCUT2D eigenvalue weighted by atomic mass is 9.89. The van der Waals surface area contributed by atoms with Crippen LogP contribution in [-0.2, 0) is 9.53 Å². The number of hydrogen-bond acceptors (Lipinski definition) is 4. The predicted molar refractivity (Wildman–Crippen MR) is 84.3 cm³/mol. The third kappa shape index (κ3) is 4.60. The molecule has 6 nitrogen and oxygen atoms in total. The van der Waals surface area contributed by atoms with Crippen molar-refractivity contribution in [2.45, 2.75) is 83.0 Å². The second-order valence-electron chi connectivity index (χ2n) is 7.35. The second kappa shape index (κ2) is 6.86. The molecular formula is C16H29N3O3. The van der Waals surface area contributed by atoms with Gasteiger partial charge in [-0.1, -0.05) is 12.8 Å². The van der Waals surface area contributed by atoms with Gasteiger partial charge in [0, 0.05) is 12.1 Å². The summed E-state index contributed by atoms with van der Waals surface area (Å²) in [6, 6.07) is 0.264. The Morgan fingerprint density at radius 1 is 1.18 bits per heavy atom. The molecule has 0 aromatic heterocycles. The average molecular weight is 311 g/mol. The maximum Gasteiger partial charge on any atom is 0.410 e. The van der Waals surface area contributed by atoms with Gasteiger partial charge in [0.25, 0.3) is 0 Å². The first-order chi connectivity index (χ1) is 10.3. The Morgan fingerprint density at radius 3 is 2.36 bits per heavy atom. The minimum absolute atomic E-state index is 0.0148. The molecule has 0 aromatic rings. The molecule has 126 valence electrons. The van der Waals surface area contributed by atoms with Crippen molar-refractivity contribution in [2.24, 2.45) is 5.73 Å². The molecule has 2 amide bonds. The van der Waals surface area contributed by atoms with Gasteiger partial charge in [-0.05, 0) is 46.5 Å². The van der Waals surface area contributed by atoms with Gasteiger partial charge in [-0.25, -0.2) is 4.79 Å². The van der Waals surface area contributed by atoms with E-state index < -0.39 is 5.60 Å². The predicted octanol–water partition coefficient (Wildman–Crippen LogP) is 1.77. The first kappa shape index (κ1) is 17.1. The molecule has 0 aliphatic heterocycles. The van der Waals surface area contributed by atoms with E-state index in [-0.39, 0.29) is 36.7 Å². The van der Waals surface area contributed by atoms with E-state index >= 15 is 0 Å². The summed E-state index contributed by atoms with van der Waals surface area (Å²) in [6.07, 6.45) is 5.73. The first-order valence-corrected chi connectivity index (χ1v) is 8.32. The SMILES string of the molecule is CC(C)(C)OC(=O)N(C1CC1)[C@@H]1CCCC[C@H]1NC(=O)CN. The van der Waals surface area contributed by atoms with E-state index in [1.165, 1.54) is 0 Å². The van der Waals surface area contributed by atoms with E-state index in [2.05, 4.69) is 5.32 Å². The summed E-state index contributed by atoms with van der Waals surface area (Å²) in [4.78, 5) is 26.1. The fourth-order valence-corrected chi connectivity index (χ4v) is 3.10. The van der Waals surface area contributed by atoms with Gasteiger partial charge in [-0.2, -0.15) is 0 Å². The first-order valence-electron chi connectivity index (χ1n) is 8.32. The van der Waals surface area contributed by atoms with Crippen LogP contribution in [0.2, 0.25) is 0 Å². The molecule has 0 radical (unpaired) electrons. The summed E-state index contributed by atoms with van der Waals surface area (Å²) in [5, 5.41) is 2.99. The zero-order valence-corrected chi connectivity index (χ0v) is 13.9. The topological polar surface area (TPSA) is 84.7 Å². The highest BCUT2D eigenvalue weighted by molar-refractivity contribution is 5.78. The van der Waals surface area contributed by atoms with Crippen LogP contribution in [0.5, 0.6) is 0 Å². The summed E-state index contributed by atoms with van der Waals surface area (Å²) in [6.45, 7) is 5.62. The van der Waals surface area contributed by atoms with Gasteiger partial charge in [0.1, 0.15) is 5.60 Å². The molecule has 2 fully saturated rings. The highest BCUT2D eigenvalue weighted by Gasteiger charge is 2.43. The number of nitrogens with one attached hydrogen (secondary N) is 1. The van der Waals surface area contributed by atoms with Gasteiger partial charge < -0.3 is 20.7 Å². The smallest absolute Gasteiger partial charge is 0.410 e. The molecule has 3 N–H and O–H groups in total. The standard InChI is InChI=1S/C16H29N3O3/c1-16(2,3)22-15(21)19(11-8-9-11)13-7-5-4-6-12(13)18-14(20)10-17/h11-13H,4-10,17H2,1-3H3,(H,18,20)/t12-,13-/m1/s1. The second-order valence-corrected chi connectivity index (χ2v) is 7.35. The quantitative estimate of drug-likeness (QED) is 0.828. The van der Waals surface area contributed by atoms with Crippen LogP contribution in [0.3, 0.4) is 0 Å². The molecule has 0 spiro atoms. The molecule has 0 bridgehead atoms. The lowest BCUT2D eigenvalue weighted by molar-refractivity contribution is -0.121. The number of rotatable bonds is 4. The van der Waals surface area contributed by atoms with Crippen LogP contribution >= 0.6 is 0 Å². The zero-order chi connectivity index (χ0) is 16.3. The highest BCUT2D eigenvalue weighted by atomic mass is 16.6. The molecule has 22 heavy (non-hydrogen) atoms. The number of carbonyl (C=O) groups excluding carboxylic acids is 2. The van der Waals surface area contributed by atoms with Crippen LogP contribution in [0.15, 0.2) is 0 Å². The summed E-state index contributed by atoms with van der Waals surface area (Å²) < 4.78 is 5.58. The van der Waals surface area contributed by atoms with Gasteiger partial charge >= 0.3 is 6.09 Å². The number of nitrogens with zero attached hydrogens (tertiary/aromatic N) is 1. The Labute approximate surface area is 132 Å². The van der Waals surface area contributed by atoms with Crippen molar-refractivity contribution in [3.63, 3.8) is 0 Å². The molecule has 2 aliphatic carbocycles. The van der Waals surface area contributed by atoms with Gasteiger partial charge in [-0.15, -0.1) is 0 Å². The normalized spacial score (nSPS) is 25.5. The average Bonchev–Trinajstić information content (AvgIpc) is 3.23. The van der Waals surface area contributed by atoms with E-state index in [9.17, 15) is 9.59 Å². The molecule has 0 aromatic carbocycles. The highest BCUT2D eigenvalue weighted by Crippen LogP contribution is 2.35. The van der Waals surface area contributed by atoms with Gasteiger partial charge in [0.15, 0.2) is 0 Å². The molecule has 2 rings (SSSR count). The van der Waals surface area contributed by atoms with E-state index in [1.54, 1.807) is 0 Å². The lowest BCUT2D eigenvalue weighted by Crippen LogP contribution is -2.57. The molecule has 2 saturated carbocycles. The molecule has 2 atom stereocenters. The van der Waals surface area contributed by atoms with Crippen LogP contribution in [0.25, 0.3) is 0 Å². The van der Waals surface area contributed by atoms with Crippen molar-refractivity contribution in [3.05, 3.63) is 0 Å². The summed E-state index contributed by atoms with van der Waals surface area (Å²) in [7, 11) is 0. The Kier molecular flexibility index (Phi) is 5.32. The Hall–Kier alpha value is -1.30. The van der Waals surface area contributed by atoms with Crippen molar-refractivity contribution in [1.29, 1.82) is 0 Å². The molecule has 2 aliphatic rings. The van der Waals surface area contributed by atoms with Crippen LogP contribution in [0, 0.1) is 0 Å². The number of ether oxygens (including phenoxy) is 1. The van der Waals surface area contributed by atoms with E-state index in [0.717, 1.165) is 38.5 Å². The lowest BCUT2D eigenvalue weighted by Gasteiger charge is -2.40. The van der Waals surface area contributed by atoms with Crippen molar-refractivity contribution < 1.29 is 14.3 Å². The third-order valence-electron chi connectivity index (χ3n) is 4.16. The maximum absolute atomic E-state index is 12.6. The van der Waals surface area contributed by atoms with E-state index in [4.69, 9.17) is 10.5 Å². The third-order valence-corrected chi connectivity index (χ3v) is 4.16. The maximum atomic E-state index is 12.6. The van der Waals surface area contributed by atoms with Gasteiger partial charge in [0.2, 0.25) is 5.91 Å². The summed E-state index contributed by atoms with van der Waals surface area (Å²) >= 11 is 0. The van der Waals surface area contributed by atoms with Crippen molar-refractivity contribution >= 4 is 12.0 Å². The number of amides is 2. The van der Waals surface area contributed by atoms with Gasteiger partial charge in [0.05, 0.1) is 12.6 Å². The molecule has 6 heteroatoms. The van der Waals surface area contributed by atoms with Crippen LogP contribution in [-0.4, -0.2) is 47.2 Å². The molecule has 0 saturated heterocycles. The minimum atomic E-state index is -0.505. The Balaban J connectivity index is 2.10. The zero-order valence-electron chi connectivity index (χ0n) is 13.9. The number of carbonyl (C=O) groups is 2. The summed E-state index contributed by atoms with van der Waals surface area (Å²) in [5.41, 5.74) is 4.90. The van der Waals surface area contributed by atoms with Crippen molar-refractivity contribution in [3.8, 4) is 0 Å². The minimum Gasteiger partial charge on any atom is -0.444 e. The fraction of sp³-hybridized carbons (Fsp3) is 0.875. The fourth-order valence-electron chi connectivity index (χ4n) is 3.10. The van der Waals surface area contributed by atoms with Crippen molar-refractivity contribution in [2.75, 3.05) is 6.54 Å². The Morgan fingerprint density at radius 2 is 1.82 bits per heavy atom. The molecule has 0 unspecified atom stereocenters. The van der Waals surface area contributed by atoms with Crippen LogP contribution in [0.4, 0.5) is 4.79 Å². The molecule has 0 heterocycles. The van der Waals surface area contributed by atoms with Crippen molar-refractivity contribution in [1.82, 2.24) is 10.2 Å². The van der Waals surface area contributed by atoms with E-state index in [0.29, 0.717) is 0 Å². The number of hydrogen-bond donors (Lipinski definition) is 2. The monoisotopic (exact) mass is 311 g/mol. The van der Waals surface area contributed by atoms with Crippen LogP contribution < -0.4 is 11.1 Å². The molecular weight excluding hydrogens is 282 g/mol. The summed E-state index contributed by atoms with van der Waals surface area (Å²) in [5.74, 6) is -0.156. The largest absolute Gasteiger partial charge is 0.444 e. The number of nitrogens with two attached hydrogens (primary N) is 1. The Bertz CT molecular complexity index is 415. The van der Waals surface area contributed by atoms with Crippen LogP contribution in [0.1, 0.15) is 59.3 Å².